The fourth-order valence-electron chi connectivity index (χ4n) is 1.95. The van der Waals surface area contributed by atoms with Gasteiger partial charge in [-0.3, -0.25) is 9.69 Å². The summed E-state index contributed by atoms with van der Waals surface area (Å²) in [7, 11) is 0. The number of ether oxygens (including phenoxy) is 1. The highest BCUT2D eigenvalue weighted by molar-refractivity contribution is 6.32. The average molecular weight is 242 g/mol. The summed E-state index contributed by atoms with van der Waals surface area (Å²) in [6.07, 6.45) is 1.10. The second-order valence-electron chi connectivity index (χ2n) is 4.31. The lowest BCUT2D eigenvalue weighted by Crippen LogP contribution is -2.52. The van der Waals surface area contributed by atoms with Crippen molar-refractivity contribution in [3.63, 3.8) is 0 Å². The monoisotopic (exact) mass is 242 g/mol. The molecule has 5 nitrogen and oxygen atoms in total. The molecule has 0 radical (unpaired) electrons. The van der Waals surface area contributed by atoms with Crippen molar-refractivity contribution in [3.05, 3.63) is 0 Å². The Morgan fingerprint density at radius 1 is 1.18 bits per heavy atom. The Labute approximate surface area is 103 Å². The van der Waals surface area contributed by atoms with Crippen LogP contribution in [0.15, 0.2) is 0 Å². The van der Waals surface area contributed by atoms with E-state index in [1.165, 1.54) is 0 Å². The number of piperazine rings is 1. The molecule has 1 rings (SSSR count). The predicted octanol–water partition coefficient (Wildman–Crippen LogP) is 0.492. The normalized spacial score (nSPS) is 18.9. The van der Waals surface area contributed by atoms with Crippen LogP contribution in [0.5, 0.6) is 0 Å². The van der Waals surface area contributed by atoms with Gasteiger partial charge in [0.1, 0.15) is 0 Å². The smallest absolute Gasteiger partial charge is 0.397 e. The van der Waals surface area contributed by atoms with Crippen molar-refractivity contribution in [2.24, 2.45) is 0 Å². The molecule has 1 amide bonds. The van der Waals surface area contributed by atoms with Gasteiger partial charge in [0.05, 0.1) is 6.61 Å². The molecular weight excluding hydrogens is 220 g/mol. The first-order valence-electron chi connectivity index (χ1n) is 6.30. The second-order valence-corrected chi connectivity index (χ2v) is 4.31. The van der Waals surface area contributed by atoms with Gasteiger partial charge < -0.3 is 9.64 Å². The number of esters is 1. The minimum Gasteiger partial charge on any atom is -0.459 e. The lowest BCUT2D eigenvalue weighted by Gasteiger charge is -2.37. The van der Waals surface area contributed by atoms with E-state index in [1.807, 2.05) is 0 Å². The number of hydrogen-bond donors (Lipinski definition) is 0. The molecule has 0 aromatic carbocycles. The average Bonchev–Trinajstić information content (AvgIpc) is 2.37. The van der Waals surface area contributed by atoms with E-state index in [2.05, 4.69) is 18.7 Å². The number of amides is 1. The number of hydrogen-bond acceptors (Lipinski definition) is 4. The van der Waals surface area contributed by atoms with E-state index in [9.17, 15) is 9.59 Å². The van der Waals surface area contributed by atoms with Gasteiger partial charge in [-0.05, 0) is 20.3 Å². The van der Waals surface area contributed by atoms with Crippen LogP contribution >= 0.6 is 0 Å². The fraction of sp³-hybridized carbons (Fsp3) is 0.833. The van der Waals surface area contributed by atoms with Gasteiger partial charge in [0.2, 0.25) is 0 Å². The second kappa shape index (κ2) is 6.59. The Balaban J connectivity index is 2.41. The molecule has 1 heterocycles. The summed E-state index contributed by atoms with van der Waals surface area (Å²) >= 11 is 0. The van der Waals surface area contributed by atoms with E-state index < -0.39 is 11.9 Å². The minimum absolute atomic E-state index is 0.247. The molecule has 0 aromatic rings. The van der Waals surface area contributed by atoms with E-state index >= 15 is 0 Å². The minimum atomic E-state index is -0.732. The highest BCUT2D eigenvalue weighted by Gasteiger charge is 2.27. The molecule has 5 heteroatoms. The Hall–Kier alpha value is -1.10. The number of carbonyl (C=O) groups is 2. The quantitative estimate of drug-likeness (QED) is 0.534. The zero-order chi connectivity index (χ0) is 12.8. The third kappa shape index (κ3) is 3.70. The SMILES string of the molecule is CCOC(=O)C(=O)N1CCN(C(C)CC)CC1. The van der Waals surface area contributed by atoms with E-state index in [0.717, 1.165) is 19.5 Å². The van der Waals surface area contributed by atoms with Crippen LogP contribution in [-0.4, -0.2) is 60.5 Å². The predicted molar refractivity (Wildman–Crippen MR) is 64.5 cm³/mol. The zero-order valence-corrected chi connectivity index (χ0v) is 10.9. The first-order valence-corrected chi connectivity index (χ1v) is 6.30. The van der Waals surface area contributed by atoms with Crippen molar-refractivity contribution < 1.29 is 14.3 Å². The summed E-state index contributed by atoms with van der Waals surface area (Å²) < 4.78 is 4.71. The van der Waals surface area contributed by atoms with Crippen molar-refractivity contribution >= 4 is 11.9 Å². The van der Waals surface area contributed by atoms with Gasteiger partial charge in [0, 0.05) is 32.2 Å². The van der Waals surface area contributed by atoms with E-state index in [-0.39, 0.29) is 6.61 Å². The maximum Gasteiger partial charge on any atom is 0.397 e. The fourth-order valence-corrected chi connectivity index (χ4v) is 1.95. The van der Waals surface area contributed by atoms with Gasteiger partial charge in [0.25, 0.3) is 0 Å². The molecule has 98 valence electrons. The molecule has 0 aliphatic carbocycles. The lowest BCUT2D eigenvalue weighted by atomic mass is 10.2. The van der Waals surface area contributed by atoms with Crippen LogP contribution in [0.4, 0.5) is 0 Å². The highest BCUT2D eigenvalue weighted by Crippen LogP contribution is 2.09. The number of rotatable bonds is 3. The molecule has 1 fully saturated rings. The third-order valence-electron chi connectivity index (χ3n) is 3.27. The molecule has 1 unspecified atom stereocenters. The van der Waals surface area contributed by atoms with Crippen LogP contribution in [0, 0.1) is 0 Å². The Morgan fingerprint density at radius 2 is 1.76 bits per heavy atom. The number of carbonyl (C=O) groups excluding carboxylic acids is 2. The van der Waals surface area contributed by atoms with Crippen molar-refractivity contribution in [3.8, 4) is 0 Å². The third-order valence-corrected chi connectivity index (χ3v) is 3.27. The maximum absolute atomic E-state index is 11.7. The molecule has 0 spiro atoms. The molecular formula is C12H22N2O3. The van der Waals surface area contributed by atoms with Crippen LogP contribution in [0.3, 0.4) is 0 Å². The first kappa shape index (κ1) is 14.0. The van der Waals surface area contributed by atoms with Crippen molar-refractivity contribution in [1.29, 1.82) is 0 Å². The van der Waals surface area contributed by atoms with Crippen LogP contribution in [0.25, 0.3) is 0 Å². The molecule has 1 saturated heterocycles. The van der Waals surface area contributed by atoms with Crippen LogP contribution < -0.4 is 0 Å². The lowest BCUT2D eigenvalue weighted by molar-refractivity contribution is -0.160. The van der Waals surface area contributed by atoms with Gasteiger partial charge in [-0.2, -0.15) is 0 Å². The topological polar surface area (TPSA) is 49.9 Å². The van der Waals surface area contributed by atoms with E-state index in [4.69, 9.17) is 4.74 Å². The zero-order valence-electron chi connectivity index (χ0n) is 10.9. The molecule has 0 saturated carbocycles. The van der Waals surface area contributed by atoms with Crippen molar-refractivity contribution in [2.75, 3.05) is 32.8 Å². The van der Waals surface area contributed by atoms with Gasteiger partial charge >= 0.3 is 11.9 Å². The summed E-state index contributed by atoms with van der Waals surface area (Å²) in [5.74, 6) is -1.24. The summed E-state index contributed by atoms with van der Waals surface area (Å²) in [6, 6.07) is 0.537. The van der Waals surface area contributed by atoms with Gasteiger partial charge in [-0.25, -0.2) is 4.79 Å². The van der Waals surface area contributed by atoms with E-state index in [0.29, 0.717) is 19.1 Å². The summed E-state index contributed by atoms with van der Waals surface area (Å²) in [5, 5.41) is 0. The first-order chi connectivity index (χ1) is 8.10. The van der Waals surface area contributed by atoms with Gasteiger partial charge in [0.15, 0.2) is 0 Å². The molecule has 1 atom stereocenters. The molecule has 17 heavy (non-hydrogen) atoms. The van der Waals surface area contributed by atoms with Crippen LogP contribution in [0.1, 0.15) is 27.2 Å². The summed E-state index contributed by atoms with van der Waals surface area (Å²) in [6.45, 7) is 9.18. The Morgan fingerprint density at radius 3 is 2.24 bits per heavy atom. The highest BCUT2D eigenvalue weighted by atomic mass is 16.5. The molecule has 0 bridgehead atoms. The molecule has 1 aliphatic heterocycles. The van der Waals surface area contributed by atoms with Crippen LogP contribution in [0.2, 0.25) is 0 Å². The van der Waals surface area contributed by atoms with E-state index in [1.54, 1.807) is 11.8 Å². The molecule has 0 aromatic heterocycles. The summed E-state index contributed by atoms with van der Waals surface area (Å²) in [4.78, 5) is 26.9. The van der Waals surface area contributed by atoms with Crippen molar-refractivity contribution in [2.45, 2.75) is 33.2 Å². The standard InChI is InChI=1S/C12H22N2O3/c1-4-10(3)13-6-8-14(9-7-13)11(15)12(16)17-5-2/h10H,4-9H2,1-3H3. The largest absolute Gasteiger partial charge is 0.459 e. The molecule has 0 N–H and O–H groups in total. The maximum atomic E-state index is 11.7. The van der Waals surface area contributed by atoms with Crippen LogP contribution in [-0.2, 0) is 14.3 Å². The Bertz CT molecular complexity index is 273. The number of nitrogens with zero attached hydrogens (tertiary/aromatic N) is 2. The van der Waals surface area contributed by atoms with Gasteiger partial charge in [-0.1, -0.05) is 6.92 Å². The van der Waals surface area contributed by atoms with Gasteiger partial charge in [-0.15, -0.1) is 0 Å². The Kier molecular flexibility index (Phi) is 5.41. The molecule has 1 aliphatic rings. The summed E-state index contributed by atoms with van der Waals surface area (Å²) in [5.41, 5.74) is 0. The van der Waals surface area contributed by atoms with Crippen molar-refractivity contribution in [1.82, 2.24) is 9.80 Å².